The van der Waals surface area contributed by atoms with Crippen molar-refractivity contribution >= 4 is 12.0 Å². The van der Waals surface area contributed by atoms with Crippen molar-refractivity contribution < 1.29 is 18.3 Å². The summed E-state index contributed by atoms with van der Waals surface area (Å²) in [5.41, 5.74) is 0.536. The van der Waals surface area contributed by atoms with E-state index in [2.05, 4.69) is 0 Å². The van der Waals surface area contributed by atoms with E-state index in [9.17, 15) is 13.6 Å². The summed E-state index contributed by atoms with van der Waals surface area (Å²) in [7, 11) is 0. The smallest absolute Gasteiger partial charge is 0.333 e. The fourth-order valence-electron chi connectivity index (χ4n) is 1.34. The Labute approximate surface area is 98.9 Å². The van der Waals surface area contributed by atoms with Crippen molar-refractivity contribution in [2.75, 3.05) is 6.61 Å². The van der Waals surface area contributed by atoms with Gasteiger partial charge in [-0.2, -0.15) is 0 Å². The summed E-state index contributed by atoms with van der Waals surface area (Å²) in [6, 6.07) is 3.22. The first kappa shape index (κ1) is 13.4. The monoisotopic (exact) mass is 240 g/mol. The van der Waals surface area contributed by atoms with Gasteiger partial charge >= 0.3 is 5.97 Å². The molecule has 0 aromatic heterocycles. The highest BCUT2D eigenvalue weighted by molar-refractivity contribution is 5.93. The molecule has 0 saturated heterocycles. The predicted molar refractivity (Wildman–Crippen MR) is 61.3 cm³/mol. The topological polar surface area (TPSA) is 26.3 Å². The van der Waals surface area contributed by atoms with Crippen LogP contribution in [0.5, 0.6) is 0 Å². The molecule has 0 bridgehead atoms. The third kappa shape index (κ3) is 3.66. The second-order valence-corrected chi connectivity index (χ2v) is 3.41. The number of rotatable bonds is 4. The Kier molecular flexibility index (Phi) is 4.82. The van der Waals surface area contributed by atoms with E-state index in [1.807, 2.05) is 0 Å². The largest absolute Gasteiger partial charge is 0.463 e. The molecule has 0 fully saturated rings. The van der Waals surface area contributed by atoms with Crippen molar-refractivity contribution in [3.8, 4) is 0 Å². The van der Waals surface area contributed by atoms with Crippen molar-refractivity contribution in [2.24, 2.45) is 0 Å². The first-order valence-corrected chi connectivity index (χ1v) is 5.41. The number of hydrogen-bond donors (Lipinski definition) is 0. The van der Waals surface area contributed by atoms with E-state index in [1.165, 1.54) is 12.1 Å². The van der Waals surface area contributed by atoms with Crippen molar-refractivity contribution in [1.82, 2.24) is 0 Å². The van der Waals surface area contributed by atoms with E-state index in [0.717, 1.165) is 12.1 Å². The van der Waals surface area contributed by atoms with Crippen LogP contribution >= 0.6 is 0 Å². The number of halogens is 2. The molecule has 92 valence electrons. The van der Waals surface area contributed by atoms with Gasteiger partial charge in [-0.05, 0) is 31.6 Å². The molecule has 0 radical (unpaired) electrons. The molecule has 0 unspecified atom stereocenters. The fourth-order valence-corrected chi connectivity index (χ4v) is 1.34. The molecule has 0 atom stereocenters. The summed E-state index contributed by atoms with van der Waals surface area (Å²) in [6.07, 6.45) is 1.81. The fraction of sp³-hybridized carbons (Fsp3) is 0.308. The van der Waals surface area contributed by atoms with E-state index in [0.29, 0.717) is 12.0 Å². The van der Waals surface area contributed by atoms with Gasteiger partial charge in [0.15, 0.2) is 0 Å². The lowest BCUT2D eigenvalue weighted by atomic mass is 10.1. The van der Waals surface area contributed by atoms with Crippen LogP contribution in [0.4, 0.5) is 8.78 Å². The molecule has 0 heterocycles. The van der Waals surface area contributed by atoms with Gasteiger partial charge in [0.25, 0.3) is 0 Å². The Morgan fingerprint density at radius 2 is 2.06 bits per heavy atom. The summed E-state index contributed by atoms with van der Waals surface area (Å²) in [5.74, 6) is -1.81. The van der Waals surface area contributed by atoms with Gasteiger partial charge in [-0.1, -0.05) is 6.92 Å². The second-order valence-electron chi connectivity index (χ2n) is 3.41. The first-order chi connectivity index (χ1) is 8.08. The highest BCUT2D eigenvalue weighted by Crippen LogP contribution is 2.15. The molecule has 1 aromatic carbocycles. The van der Waals surface area contributed by atoms with E-state index in [4.69, 9.17) is 4.74 Å². The van der Waals surface area contributed by atoms with Crippen molar-refractivity contribution in [2.45, 2.75) is 20.3 Å². The second kappa shape index (κ2) is 6.13. The van der Waals surface area contributed by atoms with Gasteiger partial charge in [-0.25, -0.2) is 13.6 Å². The average molecular weight is 240 g/mol. The molecule has 4 heteroatoms. The lowest BCUT2D eigenvalue weighted by Gasteiger charge is -2.05. The highest BCUT2D eigenvalue weighted by Gasteiger charge is 2.10. The Morgan fingerprint density at radius 1 is 1.35 bits per heavy atom. The molecular formula is C13H14F2O2. The van der Waals surface area contributed by atoms with Crippen molar-refractivity contribution in [3.63, 3.8) is 0 Å². The third-order valence-corrected chi connectivity index (χ3v) is 2.21. The summed E-state index contributed by atoms with van der Waals surface area (Å²) < 4.78 is 30.9. The zero-order valence-electron chi connectivity index (χ0n) is 9.80. The number of benzene rings is 1. The maximum Gasteiger partial charge on any atom is 0.333 e. The molecule has 0 aliphatic carbocycles. The molecular weight excluding hydrogens is 226 g/mol. The average Bonchev–Trinajstić information content (AvgIpc) is 2.28. The van der Waals surface area contributed by atoms with Gasteiger partial charge in [0.05, 0.1) is 6.61 Å². The Morgan fingerprint density at radius 3 is 2.59 bits per heavy atom. The summed E-state index contributed by atoms with van der Waals surface area (Å²) in [4.78, 5) is 11.5. The van der Waals surface area contributed by atoms with Gasteiger partial charge in [0, 0.05) is 17.2 Å². The highest BCUT2D eigenvalue weighted by atomic mass is 19.1. The molecule has 0 N–H and O–H groups in total. The zero-order valence-corrected chi connectivity index (χ0v) is 9.80. The number of carbonyl (C=O) groups excluding carboxylic acids is 1. The first-order valence-electron chi connectivity index (χ1n) is 5.41. The van der Waals surface area contributed by atoms with Crippen LogP contribution in [0.2, 0.25) is 0 Å². The quantitative estimate of drug-likeness (QED) is 0.596. The summed E-state index contributed by atoms with van der Waals surface area (Å²) in [6.45, 7) is 3.73. The minimum absolute atomic E-state index is 0.177. The summed E-state index contributed by atoms with van der Waals surface area (Å²) >= 11 is 0. The molecule has 0 spiro atoms. The van der Waals surface area contributed by atoms with Gasteiger partial charge < -0.3 is 4.74 Å². The number of ether oxygens (including phenoxy) is 1. The lowest BCUT2D eigenvalue weighted by molar-refractivity contribution is -0.138. The van der Waals surface area contributed by atoms with Gasteiger partial charge in [-0.3, -0.25) is 0 Å². The summed E-state index contributed by atoms with van der Waals surface area (Å²) in [5, 5.41) is 0. The lowest BCUT2D eigenvalue weighted by Crippen LogP contribution is -2.07. The standard InChI is InChI=1S/C13H14F2O2/c1-3-9(13(16)17-4-2)7-10-5-6-11(14)8-12(10)15/h5-8H,3-4H2,1-2H3. The van der Waals surface area contributed by atoms with Crippen LogP contribution in [0.25, 0.3) is 6.08 Å². The van der Waals surface area contributed by atoms with E-state index >= 15 is 0 Å². The molecule has 2 nitrogen and oxygen atoms in total. The SMILES string of the molecule is CCOC(=O)C(=Cc1ccc(F)cc1F)CC. The molecule has 1 aromatic rings. The van der Waals surface area contributed by atoms with E-state index in [-0.39, 0.29) is 12.2 Å². The van der Waals surface area contributed by atoms with Crippen LogP contribution in [0, 0.1) is 11.6 Å². The van der Waals surface area contributed by atoms with Crippen LogP contribution in [0.3, 0.4) is 0 Å². The Hall–Kier alpha value is -1.71. The van der Waals surface area contributed by atoms with Crippen molar-refractivity contribution in [3.05, 3.63) is 41.0 Å². The Balaban J connectivity index is 3.02. The van der Waals surface area contributed by atoms with Gasteiger partial charge in [0.2, 0.25) is 0 Å². The predicted octanol–water partition coefficient (Wildman–Crippen LogP) is 3.32. The maximum atomic E-state index is 13.4. The molecule has 0 amide bonds. The van der Waals surface area contributed by atoms with Crippen molar-refractivity contribution in [1.29, 1.82) is 0 Å². The number of esters is 1. The van der Waals surface area contributed by atoms with Crippen LogP contribution in [0.15, 0.2) is 23.8 Å². The van der Waals surface area contributed by atoms with E-state index < -0.39 is 17.6 Å². The molecule has 1 rings (SSSR count). The maximum absolute atomic E-state index is 13.4. The van der Waals surface area contributed by atoms with Crippen LogP contribution in [-0.2, 0) is 9.53 Å². The number of hydrogen-bond acceptors (Lipinski definition) is 2. The molecule has 17 heavy (non-hydrogen) atoms. The Bertz CT molecular complexity index is 439. The van der Waals surface area contributed by atoms with Crippen LogP contribution in [0.1, 0.15) is 25.8 Å². The minimum Gasteiger partial charge on any atom is -0.463 e. The van der Waals surface area contributed by atoms with E-state index in [1.54, 1.807) is 13.8 Å². The van der Waals surface area contributed by atoms with Crippen LogP contribution < -0.4 is 0 Å². The zero-order chi connectivity index (χ0) is 12.8. The number of carbonyl (C=O) groups is 1. The van der Waals surface area contributed by atoms with Gasteiger partial charge in [-0.15, -0.1) is 0 Å². The molecule has 0 saturated carbocycles. The van der Waals surface area contributed by atoms with Crippen LogP contribution in [-0.4, -0.2) is 12.6 Å². The molecule has 0 aliphatic rings. The third-order valence-electron chi connectivity index (χ3n) is 2.21. The molecule has 0 aliphatic heterocycles. The minimum atomic E-state index is -0.694. The normalized spacial score (nSPS) is 11.4. The van der Waals surface area contributed by atoms with Gasteiger partial charge in [0.1, 0.15) is 11.6 Å².